The third-order valence-electron chi connectivity index (χ3n) is 6.16. The monoisotopic (exact) mass is 595 g/mol. The summed E-state index contributed by atoms with van der Waals surface area (Å²) in [5.74, 6) is -4.85. The number of ether oxygens (including phenoxy) is 1. The van der Waals surface area contributed by atoms with Gasteiger partial charge in [0.15, 0.2) is 17.7 Å². The van der Waals surface area contributed by atoms with E-state index in [1.165, 1.54) is 24.3 Å². The van der Waals surface area contributed by atoms with Crippen molar-refractivity contribution in [3.8, 4) is 11.1 Å². The Labute approximate surface area is 239 Å². The Hall–Kier alpha value is -3.44. The molecular weight excluding hydrogens is 559 g/mol. The number of carbonyl (C=O) groups excluding carboxylic acids is 2. The van der Waals surface area contributed by atoms with Crippen LogP contribution in [0.1, 0.15) is 61.8 Å². The predicted octanol–water partition coefficient (Wildman–Crippen LogP) is 6.01. The van der Waals surface area contributed by atoms with Crippen LogP contribution in [-0.2, 0) is 35.0 Å². The summed E-state index contributed by atoms with van der Waals surface area (Å²) in [4.78, 5) is 25.5. The summed E-state index contributed by atoms with van der Waals surface area (Å²) in [6, 6.07) is 3.43. The number of halogens is 3. The Kier molecular flexibility index (Phi) is 12.8. The molecule has 0 aliphatic rings. The van der Waals surface area contributed by atoms with Gasteiger partial charge in [0.25, 0.3) is 16.0 Å². The van der Waals surface area contributed by atoms with Gasteiger partial charge in [0.2, 0.25) is 0 Å². The molecule has 224 valence electrons. The zero-order valence-corrected chi connectivity index (χ0v) is 24.3. The molecule has 0 saturated carbocycles. The standard InChI is InChI=1S/C30H36F3NO6S/c1-6-9-10-11-13-20-15-22(31)14-19(4)28(20)21-16-23(29(33)24(32)17-21)25(18-27(35)39-8-3)34-30(36)26(12-7-2)40-41(5,37)38/h6-7,14-17,25-26H,1-2,8-13,18H2,3-5H3,(H,34,36)/t25-,26+/m0/s1. The molecule has 0 aliphatic carbocycles. The fraction of sp³-hybridized carbons (Fsp3) is 0.400. The molecule has 0 aromatic heterocycles. The van der Waals surface area contributed by atoms with E-state index in [1.807, 2.05) is 0 Å². The third kappa shape index (κ3) is 10.2. The van der Waals surface area contributed by atoms with Crippen LogP contribution in [0.5, 0.6) is 0 Å². The average Bonchev–Trinajstić information content (AvgIpc) is 2.86. The smallest absolute Gasteiger partial charge is 0.308 e. The second-order valence-electron chi connectivity index (χ2n) is 9.54. The van der Waals surface area contributed by atoms with Gasteiger partial charge in [-0.3, -0.25) is 13.8 Å². The van der Waals surface area contributed by atoms with E-state index in [4.69, 9.17) is 8.92 Å². The molecule has 2 aromatic rings. The number of aryl methyl sites for hydroxylation is 2. The number of allylic oxidation sites excluding steroid dienone is 1. The lowest BCUT2D eigenvalue weighted by Crippen LogP contribution is -2.40. The lowest BCUT2D eigenvalue weighted by molar-refractivity contribution is -0.144. The van der Waals surface area contributed by atoms with Crippen molar-refractivity contribution in [2.45, 2.75) is 64.5 Å². The molecule has 1 amide bonds. The largest absolute Gasteiger partial charge is 0.466 e. The van der Waals surface area contributed by atoms with Crippen LogP contribution in [0.2, 0.25) is 0 Å². The molecule has 0 heterocycles. The summed E-state index contributed by atoms with van der Waals surface area (Å²) >= 11 is 0. The van der Waals surface area contributed by atoms with Crippen LogP contribution in [0, 0.1) is 24.4 Å². The number of amides is 1. The lowest BCUT2D eigenvalue weighted by Gasteiger charge is -2.23. The Morgan fingerprint density at radius 2 is 1.78 bits per heavy atom. The van der Waals surface area contributed by atoms with Gasteiger partial charge in [-0.15, -0.1) is 13.2 Å². The van der Waals surface area contributed by atoms with Crippen molar-refractivity contribution in [1.29, 1.82) is 0 Å². The number of rotatable bonds is 16. The number of unbranched alkanes of at least 4 members (excludes halogenated alkanes) is 2. The van der Waals surface area contributed by atoms with Crippen molar-refractivity contribution in [1.82, 2.24) is 5.32 Å². The summed E-state index contributed by atoms with van der Waals surface area (Å²) in [5, 5.41) is 2.41. The maximum atomic E-state index is 15.3. The number of carbonyl (C=O) groups is 2. The number of benzene rings is 2. The summed E-state index contributed by atoms with van der Waals surface area (Å²) in [7, 11) is -4.08. The fourth-order valence-corrected chi connectivity index (χ4v) is 5.07. The zero-order valence-electron chi connectivity index (χ0n) is 23.5. The maximum absolute atomic E-state index is 15.3. The summed E-state index contributed by atoms with van der Waals surface area (Å²) in [6.07, 6.45) is 4.15. The highest BCUT2D eigenvalue weighted by Crippen LogP contribution is 2.34. The van der Waals surface area contributed by atoms with Gasteiger partial charge in [-0.25, -0.2) is 13.2 Å². The molecule has 0 bridgehead atoms. The van der Waals surface area contributed by atoms with Crippen LogP contribution in [0.4, 0.5) is 13.2 Å². The first-order valence-corrected chi connectivity index (χ1v) is 15.0. The molecule has 0 spiro atoms. The summed E-state index contributed by atoms with van der Waals surface area (Å²) < 4.78 is 77.9. The van der Waals surface area contributed by atoms with Crippen LogP contribution in [-0.4, -0.2) is 39.3 Å². The zero-order chi connectivity index (χ0) is 30.7. The van der Waals surface area contributed by atoms with Crippen LogP contribution >= 0.6 is 0 Å². The fourth-order valence-electron chi connectivity index (χ4n) is 4.48. The van der Waals surface area contributed by atoms with E-state index < -0.39 is 58.0 Å². The summed E-state index contributed by atoms with van der Waals surface area (Å²) in [6.45, 7) is 10.4. The minimum atomic E-state index is -4.08. The first kappa shape index (κ1) is 33.8. The SMILES string of the molecule is C=CCCCCc1cc(F)cc(C)c1-c1cc(F)c(F)c([C@H](CC(=O)OCC)NC(=O)[C@@H](CC=C)OS(C)(=O)=O)c1. The number of hydrogen-bond donors (Lipinski definition) is 1. The van der Waals surface area contributed by atoms with Crippen molar-refractivity contribution >= 4 is 22.0 Å². The highest BCUT2D eigenvalue weighted by atomic mass is 32.2. The number of esters is 1. The summed E-state index contributed by atoms with van der Waals surface area (Å²) in [5.41, 5.74) is 1.41. The minimum absolute atomic E-state index is 0.00332. The Morgan fingerprint density at radius 3 is 2.39 bits per heavy atom. The Balaban J connectivity index is 2.63. The van der Waals surface area contributed by atoms with E-state index in [9.17, 15) is 22.4 Å². The van der Waals surface area contributed by atoms with Crippen molar-refractivity contribution in [3.63, 3.8) is 0 Å². The van der Waals surface area contributed by atoms with E-state index in [0.717, 1.165) is 25.2 Å². The van der Waals surface area contributed by atoms with E-state index >= 15 is 8.78 Å². The van der Waals surface area contributed by atoms with E-state index in [-0.39, 0.29) is 24.2 Å². The van der Waals surface area contributed by atoms with Crippen molar-refractivity contribution < 1.29 is 40.1 Å². The lowest BCUT2D eigenvalue weighted by atomic mass is 9.89. The van der Waals surface area contributed by atoms with Crippen molar-refractivity contribution in [2.24, 2.45) is 0 Å². The predicted molar refractivity (Wildman–Crippen MR) is 151 cm³/mol. The quantitative estimate of drug-likeness (QED) is 0.111. The second kappa shape index (κ2) is 15.5. The Bertz CT molecular complexity index is 1380. The average molecular weight is 596 g/mol. The first-order chi connectivity index (χ1) is 19.3. The van der Waals surface area contributed by atoms with Gasteiger partial charge in [-0.1, -0.05) is 12.2 Å². The molecule has 0 aliphatic heterocycles. The van der Waals surface area contributed by atoms with E-state index in [1.54, 1.807) is 19.9 Å². The maximum Gasteiger partial charge on any atom is 0.308 e. The number of hydrogen-bond acceptors (Lipinski definition) is 6. The van der Waals surface area contributed by atoms with Gasteiger partial charge >= 0.3 is 5.97 Å². The second-order valence-corrected chi connectivity index (χ2v) is 11.1. The van der Waals surface area contributed by atoms with Gasteiger partial charge < -0.3 is 10.1 Å². The number of nitrogens with one attached hydrogen (secondary N) is 1. The minimum Gasteiger partial charge on any atom is -0.466 e. The topological polar surface area (TPSA) is 98.8 Å². The van der Waals surface area contributed by atoms with Gasteiger partial charge in [0, 0.05) is 12.0 Å². The van der Waals surface area contributed by atoms with Gasteiger partial charge in [0.1, 0.15) is 5.82 Å². The Morgan fingerprint density at radius 1 is 1.07 bits per heavy atom. The molecular formula is C30H36F3NO6S. The van der Waals surface area contributed by atoms with E-state index in [0.29, 0.717) is 29.5 Å². The first-order valence-electron chi connectivity index (χ1n) is 13.2. The molecule has 41 heavy (non-hydrogen) atoms. The van der Waals surface area contributed by atoms with Gasteiger partial charge in [-0.2, -0.15) is 8.42 Å². The molecule has 0 fully saturated rings. The molecule has 1 N–H and O–H groups in total. The van der Waals surface area contributed by atoms with Crippen LogP contribution in [0.25, 0.3) is 11.1 Å². The molecule has 0 saturated heterocycles. The van der Waals surface area contributed by atoms with Gasteiger partial charge in [0.05, 0.1) is 25.3 Å². The molecule has 11 heteroatoms. The molecule has 2 aromatic carbocycles. The molecule has 0 unspecified atom stereocenters. The molecule has 2 atom stereocenters. The van der Waals surface area contributed by atoms with Crippen molar-refractivity contribution in [3.05, 3.63) is 83.7 Å². The van der Waals surface area contributed by atoms with Gasteiger partial charge in [-0.05, 0) is 86.1 Å². The highest BCUT2D eigenvalue weighted by Gasteiger charge is 2.30. The molecule has 7 nitrogen and oxygen atoms in total. The van der Waals surface area contributed by atoms with Crippen molar-refractivity contribution in [2.75, 3.05) is 12.9 Å². The third-order valence-corrected chi connectivity index (χ3v) is 6.75. The molecule has 2 rings (SSSR count). The molecule has 0 radical (unpaired) electrons. The van der Waals surface area contributed by atoms with E-state index in [2.05, 4.69) is 18.5 Å². The van der Waals surface area contributed by atoms with Crippen LogP contribution < -0.4 is 5.32 Å². The normalized spacial score (nSPS) is 12.8. The highest BCUT2D eigenvalue weighted by molar-refractivity contribution is 7.86. The van der Waals surface area contributed by atoms with Crippen LogP contribution in [0.3, 0.4) is 0 Å². The van der Waals surface area contributed by atoms with Crippen LogP contribution in [0.15, 0.2) is 49.6 Å².